The number of fused-ring (bicyclic) bond motifs is 2. The molecule has 1 amide bonds. The number of thioether (sulfide) groups is 1. The molecular formula is C35H38N2O7S2. The highest BCUT2D eigenvalue weighted by atomic mass is 32.2. The molecule has 242 valence electrons. The fourth-order valence-corrected chi connectivity index (χ4v) is 8.12. The van der Waals surface area contributed by atoms with E-state index in [4.69, 9.17) is 36.6 Å². The van der Waals surface area contributed by atoms with Crippen LogP contribution in [-0.4, -0.2) is 59.1 Å². The van der Waals surface area contributed by atoms with Crippen LogP contribution in [0.25, 0.3) is 17.4 Å². The van der Waals surface area contributed by atoms with Crippen molar-refractivity contribution in [1.82, 2.24) is 4.90 Å². The van der Waals surface area contributed by atoms with Crippen molar-refractivity contribution in [2.75, 3.05) is 20.8 Å². The summed E-state index contributed by atoms with van der Waals surface area (Å²) in [5.74, 6) is 3.21. The van der Waals surface area contributed by atoms with Crippen molar-refractivity contribution >= 4 is 46.3 Å². The fraction of sp³-hybridized carbons (Fsp3) is 0.400. The highest BCUT2D eigenvalue weighted by molar-refractivity contribution is 8.26. The van der Waals surface area contributed by atoms with Gasteiger partial charge < -0.3 is 29.5 Å². The van der Waals surface area contributed by atoms with Gasteiger partial charge in [-0.25, -0.2) is 0 Å². The molecule has 3 aromatic rings. The number of thiocarbonyl (C=S) groups is 1. The van der Waals surface area contributed by atoms with Crippen LogP contribution in [0.3, 0.4) is 0 Å². The Kier molecular flexibility index (Phi) is 9.72. The number of phenols is 1. The second kappa shape index (κ2) is 13.9. The number of amides is 1. The van der Waals surface area contributed by atoms with E-state index in [1.54, 1.807) is 50.6 Å². The van der Waals surface area contributed by atoms with Crippen LogP contribution in [0.5, 0.6) is 17.2 Å². The second-order valence-electron chi connectivity index (χ2n) is 12.1. The minimum Gasteiger partial charge on any atom is -0.508 e. The van der Waals surface area contributed by atoms with E-state index >= 15 is 0 Å². The van der Waals surface area contributed by atoms with Crippen molar-refractivity contribution in [3.8, 4) is 28.6 Å². The molecule has 3 unspecified atom stereocenters. The molecule has 46 heavy (non-hydrogen) atoms. The van der Waals surface area contributed by atoms with E-state index in [1.165, 1.54) is 24.6 Å². The molecule has 1 aromatic heterocycles. The molecule has 1 aliphatic heterocycles. The third-order valence-electron chi connectivity index (χ3n) is 9.13. The molecular weight excluding hydrogens is 625 g/mol. The van der Waals surface area contributed by atoms with Gasteiger partial charge in [-0.05, 0) is 91.8 Å². The molecule has 9 nitrogen and oxygen atoms in total. The number of carbonyl (C=O) groups excluding carboxylic acids is 2. The standard InChI is InChI=1S/C35H38N2O7S2/c1-41-26-15-24(16-27(18-26)42-2)30-17-23(4-3-11-43-34(40)28(36)13-20-6-9-25(38)10-7-20)31(44-30)19-32-33(39)37(35(45)46-32)29-14-21-5-8-22(29)12-21/h6-7,9-10,15-19,21-22,28-29,38H,3-5,8,11-14,36H2,1-2H3/b32-19-/t21?,22?,28-,29?/m0/s1. The van der Waals surface area contributed by atoms with Gasteiger partial charge in [0.1, 0.15) is 39.1 Å². The number of phenolic OH excluding ortho intramolecular Hbond substituents is 1. The molecule has 3 aliphatic rings. The van der Waals surface area contributed by atoms with Crippen LogP contribution in [0, 0.1) is 11.8 Å². The maximum absolute atomic E-state index is 13.7. The molecule has 4 atom stereocenters. The third kappa shape index (κ3) is 6.96. The maximum Gasteiger partial charge on any atom is 0.323 e. The Morgan fingerprint density at radius 2 is 1.87 bits per heavy atom. The zero-order valence-electron chi connectivity index (χ0n) is 25.9. The van der Waals surface area contributed by atoms with Gasteiger partial charge in [0.2, 0.25) is 0 Å². The van der Waals surface area contributed by atoms with Crippen molar-refractivity contribution in [3.05, 3.63) is 70.3 Å². The first-order valence-corrected chi connectivity index (χ1v) is 16.8. The summed E-state index contributed by atoms with van der Waals surface area (Å²) < 4.78 is 23.4. The van der Waals surface area contributed by atoms with Gasteiger partial charge in [0, 0.05) is 23.7 Å². The van der Waals surface area contributed by atoms with Crippen LogP contribution < -0.4 is 15.2 Å². The van der Waals surface area contributed by atoms with Gasteiger partial charge in [0.15, 0.2) is 0 Å². The Hall–Kier alpha value is -3.80. The van der Waals surface area contributed by atoms with Gasteiger partial charge in [-0.2, -0.15) is 0 Å². The zero-order chi connectivity index (χ0) is 32.4. The van der Waals surface area contributed by atoms with Crippen molar-refractivity contribution in [3.63, 3.8) is 0 Å². The molecule has 1 saturated heterocycles. The number of benzene rings is 2. The summed E-state index contributed by atoms with van der Waals surface area (Å²) in [4.78, 5) is 28.6. The van der Waals surface area contributed by atoms with Gasteiger partial charge in [-0.15, -0.1) is 0 Å². The van der Waals surface area contributed by atoms with Crippen LogP contribution in [0.4, 0.5) is 0 Å². The number of rotatable bonds is 12. The van der Waals surface area contributed by atoms with E-state index in [-0.39, 0.29) is 24.3 Å². The summed E-state index contributed by atoms with van der Waals surface area (Å²) in [7, 11) is 3.18. The second-order valence-corrected chi connectivity index (χ2v) is 13.8. The Bertz CT molecular complexity index is 1630. The lowest BCUT2D eigenvalue weighted by Crippen LogP contribution is -2.41. The molecule has 2 bridgehead atoms. The summed E-state index contributed by atoms with van der Waals surface area (Å²) in [6.45, 7) is 0.168. The Balaban J connectivity index is 1.18. The van der Waals surface area contributed by atoms with Crippen LogP contribution >= 0.6 is 24.0 Å². The summed E-state index contributed by atoms with van der Waals surface area (Å²) in [6, 6.07) is 13.4. The molecule has 2 aliphatic carbocycles. The summed E-state index contributed by atoms with van der Waals surface area (Å²) >= 11 is 7.04. The van der Waals surface area contributed by atoms with Crippen molar-refractivity contribution in [2.24, 2.45) is 17.6 Å². The first kappa shape index (κ1) is 32.2. The van der Waals surface area contributed by atoms with Crippen LogP contribution in [-0.2, 0) is 27.2 Å². The van der Waals surface area contributed by atoms with Crippen molar-refractivity contribution in [2.45, 2.75) is 57.0 Å². The number of ether oxygens (including phenoxy) is 3. The lowest BCUT2D eigenvalue weighted by atomic mass is 9.94. The molecule has 2 aromatic carbocycles. The molecule has 11 heteroatoms. The summed E-state index contributed by atoms with van der Waals surface area (Å²) in [5, 5.41) is 9.48. The SMILES string of the molecule is COc1cc(OC)cc(-c2cc(CCCOC(=O)[C@@H](N)Cc3ccc(O)cc3)c(/C=C3\SC(=S)N(C4CC5CCC4C5)C3=O)o2)c1. The van der Waals surface area contributed by atoms with E-state index in [0.717, 1.165) is 29.5 Å². The van der Waals surface area contributed by atoms with Crippen molar-refractivity contribution < 1.29 is 33.3 Å². The predicted octanol–water partition coefficient (Wildman–Crippen LogP) is 6.11. The zero-order valence-corrected chi connectivity index (χ0v) is 27.5. The summed E-state index contributed by atoms with van der Waals surface area (Å²) in [6.07, 6.45) is 7.76. The fourth-order valence-electron chi connectivity index (χ4n) is 6.78. The number of aryl methyl sites for hydroxylation is 1. The topological polar surface area (TPSA) is 124 Å². The lowest BCUT2D eigenvalue weighted by Gasteiger charge is -2.30. The quantitative estimate of drug-likeness (QED) is 0.102. The number of hydrogen-bond acceptors (Lipinski definition) is 10. The molecule has 6 rings (SSSR count). The Morgan fingerprint density at radius 1 is 1.13 bits per heavy atom. The van der Waals surface area contributed by atoms with Gasteiger partial charge in [0.25, 0.3) is 5.91 Å². The number of furan rings is 1. The minimum atomic E-state index is -0.819. The minimum absolute atomic E-state index is 0.0592. The number of methoxy groups -OCH3 is 2. The Morgan fingerprint density at radius 3 is 2.52 bits per heavy atom. The third-order valence-corrected chi connectivity index (χ3v) is 10.5. The first-order valence-electron chi connectivity index (χ1n) is 15.6. The number of aromatic hydroxyl groups is 1. The van der Waals surface area contributed by atoms with E-state index < -0.39 is 12.0 Å². The molecule has 0 spiro atoms. The van der Waals surface area contributed by atoms with Gasteiger partial charge in [-0.3, -0.25) is 14.5 Å². The van der Waals surface area contributed by atoms with Gasteiger partial charge in [0.05, 0.1) is 25.7 Å². The van der Waals surface area contributed by atoms with Gasteiger partial charge >= 0.3 is 5.97 Å². The normalized spacial score (nSPS) is 22.1. The lowest BCUT2D eigenvalue weighted by molar-refractivity contribution is -0.145. The smallest absolute Gasteiger partial charge is 0.323 e. The van der Waals surface area contributed by atoms with E-state index in [0.29, 0.717) is 63.3 Å². The molecule has 3 fully saturated rings. The average molecular weight is 663 g/mol. The van der Waals surface area contributed by atoms with Crippen LogP contribution in [0.15, 0.2) is 57.9 Å². The largest absolute Gasteiger partial charge is 0.508 e. The highest BCUT2D eigenvalue weighted by Gasteiger charge is 2.48. The predicted molar refractivity (Wildman–Crippen MR) is 181 cm³/mol. The number of hydrogen-bond donors (Lipinski definition) is 2. The van der Waals surface area contributed by atoms with E-state index in [2.05, 4.69) is 0 Å². The number of nitrogens with two attached hydrogens (primary N) is 1. The molecule has 2 saturated carbocycles. The average Bonchev–Trinajstić information content (AvgIpc) is 3.84. The van der Waals surface area contributed by atoms with E-state index in [1.807, 2.05) is 23.1 Å². The molecule has 0 radical (unpaired) electrons. The first-order chi connectivity index (χ1) is 22.2. The number of carbonyl (C=O) groups is 2. The van der Waals surface area contributed by atoms with Crippen molar-refractivity contribution in [1.29, 1.82) is 0 Å². The number of esters is 1. The highest BCUT2D eigenvalue weighted by Crippen LogP contribution is 2.49. The Labute approximate surface area is 278 Å². The summed E-state index contributed by atoms with van der Waals surface area (Å²) in [5.41, 5.74) is 8.54. The number of nitrogens with zero attached hydrogens (tertiary/aromatic N) is 1. The van der Waals surface area contributed by atoms with Gasteiger partial charge in [-0.1, -0.05) is 42.5 Å². The monoisotopic (exact) mass is 662 g/mol. The van der Waals surface area contributed by atoms with E-state index in [9.17, 15) is 14.7 Å². The maximum atomic E-state index is 13.7. The molecule has 2 heterocycles. The molecule has 3 N–H and O–H groups in total. The van der Waals surface area contributed by atoms with Crippen LogP contribution in [0.1, 0.15) is 49.0 Å². The van der Waals surface area contributed by atoms with Crippen LogP contribution in [0.2, 0.25) is 0 Å².